The molecule has 0 amide bonds. The van der Waals surface area contributed by atoms with E-state index in [-0.39, 0.29) is 6.61 Å². The van der Waals surface area contributed by atoms with E-state index in [0.29, 0.717) is 12.7 Å². The molecule has 0 saturated carbocycles. The average molecular weight is 189 g/mol. The third-order valence-electron chi connectivity index (χ3n) is 1.79. The van der Waals surface area contributed by atoms with Crippen LogP contribution in [0.25, 0.3) is 0 Å². The van der Waals surface area contributed by atoms with Crippen LogP contribution in [0.15, 0.2) is 0 Å². The molecule has 1 rings (SSSR count). The van der Waals surface area contributed by atoms with Gasteiger partial charge in [0.15, 0.2) is 0 Å². The molecule has 0 bridgehead atoms. The molecule has 3 heteroatoms. The van der Waals surface area contributed by atoms with Crippen molar-refractivity contribution in [2.75, 3.05) is 33.4 Å². The lowest BCUT2D eigenvalue weighted by molar-refractivity contribution is 0.0354. The van der Waals surface area contributed by atoms with E-state index in [1.54, 1.807) is 0 Å². The number of nitrogens with zero attached hydrogens (tertiary/aromatic N) is 1. The van der Waals surface area contributed by atoms with Gasteiger partial charge in [-0.1, -0.05) is 20.3 Å². The molecule has 1 atom stereocenters. The summed E-state index contributed by atoms with van der Waals surface area (Å²) in [6, 6.07) is 0. The Kier molecular flexibility index (Phi) is 8.40. The predicted octanol–water partition coefficient (Wildman–Crippen LogP) is 1.12. The lowest BCUT2D eigenvalue weighted by Crippen LogP contribution is -2.20. The standard InChI is InChI=1S/C7H15NO2.C3H8/c1-8-3-2-7(6-8)10-5-4-9;1-3-2/h7,9H,2-6H2,1H3;3H2,1-2H3/t7-;/m1./s1. The Labute approximate surface area is 81.7 Å². The molecule has 1 heterocycles. The molecular weight excluding hydrogens is 166 g/mol. The fourth-order valence-corrected chi connectivity index (χ4v) is 1.25. The van der Waals surface area contributed by atoms with Crippen LogP contribution in [0.1, 0.15) is 26.7 Å². The van der Waals surface area contributed by atoms with Gasteiger partial charge < -0.3 is 14.7 Å². The van der Waals surface area contributed by atoms with Crippen molar-refractivity contribution in [2.45, 2.75) is 32.8 Å². The number of hydrogen-bond acceptors (Lipinski definition) is 3. The number of aliphatic hydroxyl groups excluding tert-OH is 1. The van der Waals surface area contributed by atoms with E-state index in [1.165, 1.54) is 6.42 Å². The normalized spacial score (nSPS) is 22.6. The molecular formula is C10H23NO2. The minimum absolute atomic E-state index is 0.139. The van der Waals surface area contributed by atoms with Crippen LogP contribution in [-0.4, -0.2) is 49.5 Å². The Bertz CT molecular complexity index is 109. The van der Waals surface area contributed by atoms with Crippen LogP contribution in [0.4, 0.5) is 0 Å². The highest BCUT2D eigenvalue weighted by molar-refractivity contribution is 4.72. The van der Waals surface area contributed by atoms with Gasteiger partial charge in [0.05, 0.1) is 19.3 Å². The zero-order chi connectivity index (χ0) is 10.1. The SMILES string of the molecule is CCC.CN1CC[C@@H](OCCO)C1. The van der Waals surface area contributed by atoms with E-state index in [4.69, 9.17) is 9.84 Å². The van der Waals surface area contributed by atoms with E-state index >= 15 is 0 Å². The molecule has 1 aliphatic rings. The molecule has 1 fully saturated rings. The lowest BCUT2D eigenvalue weighted by atomic mass is 10.3. The van der Waals surface area contributed by atoms with Gasteiger partial charge in [0.25, 0.3) is 0 Å². The van der Waals surface area contributed by atoms with Gasteiger partial charge in [0.2, 0.25) is 0 Å². The smallest absolute Gasteiger partial charge is 0.0715 e. The van der Waals surface area contributed by atoms with Crippen molar-refractivity contribution >= 4 is 0 Å². The Morgan fingerprint density at radius 3 is 2.46 bits per heavy atom. The maximum atomic E-state index is 8.45. The molecule has 1 aliphatic heterocycles. The van der Waals surface area contributed by atoms with Gasteiger partial charge in [-0.25, -0.2) is 0 Å². The minimum atomic E-state index is 0.139. The maximum Gasteiger partial charge on any atom is 0.0715 e. The summed E-state index contributed by atoms with van der Waals surface area (Å²) in [6.45, 7) is 7.01. The Hall–Kier alpha value is -0.120. The van der Waals surface area contributed by atoms with Crippen molar-refractivity contribution < 1.29 is 9.84 Å². The van der Waals surface area contributed by atoms with Gasteiger partial charge in [-0.05, 0) is 13.5 Å². The van der Waals surface area contributed by atoms with Gasteiger partial charge >= 0.3 is 0 Å². The molecule has 0 aliphatic carbocycles. The van der Waals surface area contributed by atoms with E-state index < -0.39 is 0 Å². The number of hydrogen-bond donors (Lipinski definition) is 1. The van der Waals surface area contributed by atoms with Crippen molar-refractivity contribution in [2.24, 2.45) is 0 Å². The van der Waals surface area contributed by atoms with Crippen LogP contribution in [0.5, 0.6) is 0 Å². The molecule has 0 unspecified atom stereocenters. The van der Waals surface area contributed by atoms with Gasteiger partial charge in [0, 0.05) is 13.1 Å². The summed E-state index contributed by atoms with van der Waals surface area (Å²) in [7, 11) is 2.09. The first-order valence-corrected chi connectivity index (χ1v) is 5.15. The van der Waals surface area contributed by atoms with Gasteiger partial charge in [0.1, 0.15) is 0 Å². The highest BCUT2D eigenvalue weighted by Crippen LogP contribution is 2.09. The molecule has 3 nitrogen and oxygen atoms in total. The number of aliphatic hydroxyl groups is 1. The fourth-order valence-electron chi connectivity index (χ4n) is 1.25. The fraction of sp³-hybridized carbons (Fsp3) is 1.00. The maximum absolute atomic E-state index is 8.45. The summed E-state index contributed by atoms with van der Waals surface area (Å²) in [5, 5.41) is 8.45. The van der Waals surface area contributed by atoms with E-state index in [2.05, 4.69) is 25.8 Å². The zero-order valence-electron chi connectivity index (χ0n) is 9.12. The first kappa shape index (κ1) is 12.9. The number of ether oxygens (including phenoxy) is 1. The summed E-state index contributed by atoms with van der Waals surface area (Å²) in [5.41, 5.74) is 0. The molecule has 80 valence electrons. The van der Waals surface area contributed by atoms with Crippen molar-refractivity contribution in [3.05, 3.63) is 0 Å². The van der Waals surface area contributed by atoms with Crippen LogP contribution in [0.3, 0.4) is 0 Å². The Morgan fingerprint density at radius 1 is 1.46 bits per heavy atom. The predicted molar refractivity (Wildman–Crippen MR) is 54.9 cm³/mol. The second kappa shape index (κ2) is 8.48. The number of likely N-dealkylation sites (N-methyl/N-ethyl adjacent to an activating group) is 1. The monoisotopic (exact) mass is 189 g/mol. The van der Waals surface area contributed by atoms with E-state index in [0.717, 1.165) is 19.5 Å². The lowest BCUT2D eigenvalue weighted by Gasteiger charge is -2.09. The number of likely N-dealkylation sites (tertiary alicyclic amines) is 1. The second-order valence-corrected chi connectivity index (χ2v) is 3.47. The van der Waals surface area contributed by atoms with Crippen molar-refractivity contribution in [3.8, 4) is 0 Å². The molecule has 1 N–H and O–H groups in total. The van der Waals surface area contributed by atoms with Crippen LogP contribution in [0, 0.1) is 0 Å². The van der Waals surface area contributed by atoms with Crippen LogP contribution in [-0.2, 0) is 4.74 Å². The third kappa shape index (κ3) is 6.99. The molecule has 13 heavy (non-hydrogen) atoms. The van der Waals surface area contributed by atoms with Gasteiger partial charge in [-0.15, -0.1) is 0 Å². The topological polar surface area (TPSA) is 32.7 Å². The van der Waals surface area contributed by atoms with Crippen LogP contribution in [0.2, 0.25) is 0 Å². The second-order valence-electron chi connectivity index (χ2n) is 3.47. The summed E-state index contributed by atoms with van der Waals surface area (Å²) in [5.74, 6) is 0. The molecule has 0 aromatic rings. The zero-order valence-corrected chi connectivity index (χ0v) is 9.12. The highest BCUT2D eigenvalue weighted by Gasteiger charge is 2.18. The molecule has 0 aromatic carbocycles. The first-order chi connectivity index (χ1) is 6.24. The highest BCUT2D eigenvalue weighted by atomic mass is 16.5. The molecule has 0 spiro atoms. The minimum Gasteiger partial charge on any atom is -0.394 e. The summed E-state index contributed by atoms with van der Waals surface area (Å²) < 4.78 is 5.33. The summed E-state index contributed by atoms with van der Waals surface area (Å²) in [6.07, 6.45) is 2.72. The first-order valence-electron chi connectivity index (χ1n) is 5.15. The van der Waals surface area contributed by atoms with E-state index in [9.17, 15) is 0 Å². The molecule has 0 aromatic heterocycles. The third-order valence-corrected chi connectivity index (χ3v) is 1.79. The average Bonchev–Trinajstić information content (AvgIpc) is 2.49. The summed E-state index contributed by atoms with van der Waals surface area (Å²) in [4.78, 5) is 2.24. The van der Waals surface area contributed by atoms with Gasteiger partial charge in [-0.2, -0.15) is 0 Å². The van der Waals surface area contributed by atoms with Crippen LogP contribution >= 0.6 is 0 Å². The van der Waals surface area contributed by atoms with Gasteiger partial charge in [-0.3, -0.25) is 0 Å². The van der Waals surface area contributed by atoms with Crippen molar-refractivity contribution in [1.29, 1.82) is 0 Å². The van der Waals surface area contributed by atoms with Crippen LogP contribution < -0.4 is 0 Å². The summed E-state index contributed by atoms with van der Waals surface area (Å²) >= 11 is 0. The molecule has 1 saturated heterocycles. The quantitative estimate of drug-likeness (QED) is 0.722. The van der Waals surface area contributed by atoms with E-state index in [1.807, 2.05) is 0 Å². The largest absolute Gasteiger partial charge is 0.394 e. The number of rotatable bonds is 3. The molecule has 0 radical (unpaired) electrons. The van der Waals surface area contributed by atoms with Crippen molar-refractivity contribution in [3.63, 3.8) is 0 Å². The Balaban J connectivity index is 0.000000424. The Morgan fingerprint density at radius 2 is 2.08 bits per heavy atom. The van der Waals surface area contributed by atoms with Crippen molar-refractivity contribution in [1.82, 2.24) is 4.90 Å².